The van der Waals surface area contributed by atoms with Gasteiger partial charge in [0.25, 0.3) is 0 Å². The first-order chi connectivity index (χ1) is 15.0. The fraction of sp³-hybridized carbons (Fsp3) is 0.480. The number of ether oxygens (including phenoxy) is 2. The maximum absolute atomic E-state index is 12.7. The molecule has 0 bridgehead atoms. The van der Waals surface area contributed by atoms with Gasteiger partial charge in [-0.25, -0.2) is 0 Å². The first kappa shape index (κ1) is 21.5. The van der Waals surface area contributed by atoms with Gasteiger partial charge in [-0.05, 0) is 61.2 Å². The van der Waals surface area contributed by atoms with Gasteiger partial charge >= 0.3 is 0 Å². The predicted octanol–water partition coefficient (Wildman–Crippen LogP) is 2.80. The number of amides is 1. The van der Waals surface area contributed by atoms with Crippen LogP contribution in [0.2, 0.25) is 0 Å². The SMILES string of the molecule is COc1ccc2c(c1)C[C@H](C(=O)NCCN1CCN(c3cccc(C)c3C)CC1)CO2. The van der Waals surface area contributed by atoms with Crippen molar-refractivity contribution in [1.82, 2.24) is 10.2 Å². The van der Waals surface area contributed by atoms with Crippen LogP contribution < -0.4 is 19.7 Å². The Kier molecular flexibility index (Phi) is 6.66. The van der Waals surface area contributed by atoms with Crippen LogP contribution in [0.5, 0.6) is 11.5 Å². The molecule has 1 N–H and O–H groups in total. The molecular formula is C25H33N3O3. The number of hydrogen-bond donors (Lipinski definition) is 1. The van der Waals surface area contributed by atoms with Crippen molar-refractivity contribution < 1.29 is 14.3 Å². The molecule has 2 aliphatic heterocycles. The van der Waals surface area contributed by atoms with Crippen LogP contribution in [0.15, 0.2) is 36.4 Å². The highest BCUT2D eigenvalue weighted by Crippen LogP contribution is 2.30. The Hall–Kier alpha value is -2.73. The molecule has 0 saturated carbocycles. The van der Waals surface area contributed by atoms with Gasteiger partial charge < -0.3 is 19.7 Å². The van der Waals surface area contributed by atoms with E-state index in [0.29, 0.717) is 19.6 Å². The number of hydrogen-bond acceptors (Lipinski definition) is 5. The summed E-state index contributed by atoms with van der Waals surface area (Å²) in [5, 5.41) is 3.11. The number of piperazine rings is 1. The summed E-state index contributed by atoms with van der Waals surface area (Å²) in [4.78, 5) is 17.6. The fourth-order valence-electron chi connectivity index (χ4n) is 4.44. The number of anilines is 1. The standard InChI is InChI=1S/C25H33N3O3/c1-18-5-4-6-23(19(18)2)28-13-11-27(12-14-28)10-9-26-25(29)21-15-20-16-22(30-3)7-8-24(20)31-17-21/h4-8,16,21H,9-15,17H2,1-3H3,(H,26,29)/t21-/m0/s1. The van der Waals surface area contributed by atoms with E-state index >= 15 is 0 Å². The second-order valence-electron chi connectivity index (χ2n) is 8.52. The topological polar surface area (TPSA) is 54.0 Å². The number of carbonyl (C=O) groups is 1. The van der Waals surface area contributed by atoms with E-state index in [1.165, 1.54) is 16.8 Å². The highest BCUT2D eigenvalue weighted by atomic mass is 16.5. The van der Waals surface area contributed by atoms with E-state index in [2.05, 4.69) is 47.2 Å². The molecule has 6 heteroatoms. The lowest BCUT2D eigenvalue weighted by molar-refractivity contribution is -0.126. The second-order valence-corrected chi connectivity index (χ2v) is 8.52. The normalized spacial score (nSPS) is 18.8. The first-order valence-corrected chi connectivity index (χ1v) is 11.2. The highest BCUT2D eigenvalue weighted by Gasteiger charge is 2.26. The third-order valence-electron chi connectivity index (χ3n) is 6.56. The van der Waals surface area contributed by atoms with E-state index in [4.69, 9.17) is 9.47 Å². The zero-order chi connectivity index (χ0) is 21.8. The van der Waals surface area contributed by atoms with Gasteiger partial charge in [0.1, 0.15) is 18.1 Å². The summed E-state index contributed by atoms with van der Waals surface area (Å²) in [6.07, 6.45) is 0.687. The average Bonchev–Trinajstić information content (AvgIpc) is 2.80. The summed E-state index contributed by atoms with van der Waals surface area (Å²) in [5.74, 6) is 1.57. The molecule has 0 radical (unpaired) electrons. The molecule has 0 unspecified atom stereocenters. The number of aryl methyl sites for hydroxylation is 1. The summed E-state index contributed by atoms with van der Waals surface area (Å²) < 4.78 is 11.1. The molecule has 1 amide bonds. The minimum Gasteiger partial charge on any atom is -0.497 e. The Balaban J connectivity index is 1.21. The molecule has 4 rings (SSSR count). The lowest BCUT2D eigenvalue weighted by Gasteiger charge is -2.37. The van der Waals surface area contributed by atoms with Crippen molar-refractivity contribution in [3.8, 4) is 11.5 Å². The molecule has 166 valence electrons. The number of carbonyl (C=O) groups excluding carboxylic acids is 1. The van der Waals surface area contributed by atoms with Gasteiger partial charge in [0.2, 0.25) is 5.91 Å². The van der Waals surface area contributed by atoms with Crippen molar-refractivity contribution >= 4 is 11.6 Å². The number of nitrogens with zero attached hydrogens (tertiary/aromatic N) is 2. The summed E-state index contributed by atoms with van der Waals surface area (Å²) >= 11 is 0. The maximum Gasteiger partial charge on any atom is 0.226 e. The summed E-state index contributed by atoms with van der Waals surface area (Å²) in [7, 11) is 1.65. The van der Waals surface area contributed by atoms with Crippen LogP contribution in [0.4, 0.5) is 5.69 Å². The van der Waals surface area contributed by atoms with Gasteiger partial charge in [0.15, 0.2) is 0 Å². The molecule has 1 fully saturated rings. The lowest BCUT2D eigenvalue weighted by atomic mass is 9.96. The van der Waals surface area contributed by atoms with E-state index in [1.54, 1.807) is 7.11 Å². The summed E-state index contributed by atoms with van der Waals surface area (Å²) in [6.45, 7) is 10.4. The molecule has 2 aromatic rings. The Morgan fingerprint density at radius 1 is 1.16 bits per heavy atom. The quantitative estimate of drug-likeness (QED) is 0.774. The summed E-state index contributed by atoms with van der Waals surface area (Å²) in [6, 6.07) is 12.3. The minimum atomic E-state index is -0.152. The molecule has 6 nitrogen and oxygen atoms in total. The van der Waals surface area contributed by atoms with E-state index in [1.807, 2.05) is 18.2 Å². The number of nitrogens with one attached hydrogen (secondary N) is 1. The van der Waals surface area contributed by atoms with Crippen LogP contribution in [0.3, 0.4) is 0 Å². The molecular weight excluding hydrogens is 390 g/mol. The van der Waals surface area contributed by atoms with Gasteiger partial charge in [-0.2, -0.15) is 0 Å². The number of methoxy groups -OCH3 is 1. The van der Waals surface area contributed by atoms with Crippen LogP contribution in [-0.4, -0.2) is 63.8 Å². The number of benzene rings is 2. The zero-order valence-corrected chi connectivity index (χ0v) is 18.8. The van der Waals surface area contributed by atoms with E-state index in [-0.39, 0.29) is 11.8 Å². The van der Waals surface area contributed by atoms with Crippen LogP contribution in [-0.2, 0) is 11.2 Å². The van der Waals surface area contributed by atoms with E-state index in [0.717, 1.165) is 49.8 Å². The van der Waals surface area contributed by atoms with Crippen molar-refractivity contribution in [1.29, 1.82) is 0 Å². The van der Waals surface area contributed by atoms with Crippen LogP contribution in [0, 0.1) is 19.8 Å². The minimum absolute atomic E-state index is 0.0718. The van der Waals surface area contributed by atoms with Crippen molar-refractivity contribution in [2.24, 2.45) is 5.92 Å². The molecule has 1 atom stereocenters. The van der Waals surface area contributed by atoms with E-state index in [9.17, 15) is 4.79 Å². The molecule has 0 aliphatic carbocycles. The van der Waals surface area contributed by atoms with Gasteiger partial charge in [-0.1, -0.05) is 12.1 Å². The molecule has 0 aromatic heterocycles. The van der Waals surface area contributed by atoms with Crippen LogP contribution in [0.25, 0.3) is 0 Å². The molecule has 31 heavy (non-hydrogen) atoms. The largest absolute Gasteiger partial charge is 0.497 e. The number of fused-ring (bicyclic) bond motifs is 1. The molecule has 0 spiro atoms. The monoisotopic (exact) mass is 423 g/mol. The Morgan fingerprint density at radius 3 is 2.74 bits per heavy atom. The first-order valence-electron chi connectivity index (χ1n) is 11.2. The van der Waals surface area contributed by atoms with Crippen molar-refractivity contribution in [3.63, 3.8) is 0 Å². The van der Waals surface area contributed by atoms with Gasteiger partial charge in [-0.3, -0.25) is 9.69 Å². The van der Waals surface area contributed by atoms with Crippen molar-refractivity contribution in [3.05, 3.63) is 53.1 Å². The van der Waals surface area contributed by atoms with Gasteiger partial charge in [0.05, 0.1) is 13.0 Å². The maximum atomic E-state index is 12.7. The molecule has 1 saturated heterocycles. The fourth-order valence-corrected chi connectivity index (χ4v) is 4.44. The van der Waals surface area contributed by atoms with Gasteiger partial charge in [0, 0.05) is 45.0 Å². The van der Waals surface area contributed by atoms with Crippen molar-refractivity contribution in [2.75, 3.05) is 57.9 Å². The summed E-state index contributed by atoms with van der Waals surface area (Å²) in [5.41, 5.74) is 5.10. The Bertz CT molecular complexity index is 922. The van der Waals surface area contributed by atoms with Crippen LogP contribution in [0.1, 0.15) is 16.7 Å². The Morgan fingerprint density at radius 2 is 1.97 bits per heavy atom. The predicted molar refractivity (Wildman–Crippen MR) is 123 cm³/mol. The molecule has 2 heterocycles. The average molecular weight is 424 g/mol. The highest BCUT2D eigenvalue weighted by molar-refractivity contribution is 5.79. The van der Waals surface area contributed by atoms with E-state index < -0.39 is 0 Å². The zero-order valence-electron chi connectivity index (χ0n) is 18.8. The van der Waals surface area contributed by atoms with Crippen molar-refractivity contribution in [2.45, 2.75) is 20.3 Å². The Labute approximate surface area is 185 Å². The molecule has 2 aliphatic rings. The van der Waals surface area contributed by atoms with Crippen LogP contribution >= 0.6 is 0 Å². The second kappa shape index (κ2) is 9.60. The number of rotatable bonds is 6. The third-order valence-corrected chi connectivity index (χ3v) is 6.56. The molecule has 2 aromatic carbocycles. The lowest BCUT2D eigenvalue weighted by Crippen LogP contribution is -2.49. The third kappa shape index (κ3) is 4.96. The van der Waals surface area contributed by atoms with Gasteiger partial charge in [-0.15, -0.1) is 0 Å². The smallest absolute Gasteiger partial charge is 0.226 e.